The predicted octanol–water partition coefficient (Wildman–Crippen LogP) is 5.45. The molecule has 7 heteroatoms. The maximum Gasteiger partial charge on any atom is 0.300 e. The molecule has 0 aromatic heterocycles. The quantitative estimate of drug-likeness (QED) is 0.244. The van der Waals surface area contributed by atoms with Crippen molar-refractivity contribution in [1.29, 1.82) is 0 Å². The van der Waals surface area contributed by atoms with Crippen LogP contribution in [-0.2, 0) is 9.59 Å². The lowest BCUT2D eigenvalue weighted by atomic mass is 9.93. The van der Waals surface area contributed by atoms with Gasteiger partial charge in [-0.2, -0.15) is 0 Å². The number of carbonyl (C=O) groups excluding carboxylic acids is 2. The van der Waals surface area contributed by atoms with Gasteiger partial charge in [-0.05, 0) is 40.6 Å². The van der Waals surface area contributed by atoms with E-state index in [-0.39, 0.29) is 22.6 Å². The van der Waals surface area contributed by atoms with Gasteiger partial charge in [0.25, 0.3) is 11.7 Å². The number of halogens is 2. The molecule has 1 fully saturated rings. The van der Waals surface area contributed by atoms with Gasteiger partial charge in [-0.3, -0.25) is 14.5 Å². The van der Waals surface area contributed by atoms with E-state index in [2.05, 4.69) is 0 Å². The number of hydrogen-bond acceptors (Lipinski definition) is 4. The fraction of sp³-hybridized carbons (Fsp3) is 0.0370. The molecule has 4 aromatic rings. The van der Waals surface area contributed by atoms with E-state index in [4.69, 9.17) is 0 Å². The molecular formula is C27H17F2NO4. The monoisotopic (exact) mass is 457 g/mol. The van der Waals surface area contributed by atoms with Crippen LogP contribution in [0.5, 0.6) is 5.75 Å². The Balaban J connectivity index is 1.80. The first-order valence-electron chi connectivity index (χ1n) is 10.4. The molecule has 5 nitrogen and oxygen atoms in total. The first-order valence-corrected chi connectivity index (χ1v) is 10.4. The van der Waals surface area contributed by atoms with Gasteiger partial charge >= 0.3 is 0 Å². The normalized spacial score (nSPS) is 17.5. The number of hydrogen-bond donors (Lipinski definition) is 2. The number of aliphatic hydroxyl groups is 1. The summed E-state index contributed by atoms with van der Waals surface area (Å²) < 4.78 is 28.3. The van der Waals surface area contributed by atoms with Crippen molar-refractivity contribution in [3.05, 3.63) is 113 Å². The minimum atomic E-state index is -1.26. The summed E-state index contributed by atoms with van der Waals surface area (Å²) in [5, 5.41) is 22.8. The number of Topliss-reactive ketones (excluding diaryl/α,β-unsaturated/α-hetero) is 1. The standard InChI is InChI=1S/C27H17F2NO4/c28-17-11-12-22(21(29)14-17)30-24(16-7-3-8-18(31)13-16)23(26(33)27(30)34)25(32)20-10-4-6-15-5-1-2-9-19(15)20/h1-14,24,31-32H/b25-23-. The Labute approximate surface area is 192 Å². The highest BCUT2D eigenvalue weighted by Gasteiger charge is 2.48. The van der Waals surface area contributed by atoms with Crippen LogP contribution in [0.15, 0.2) is 90.5 Å². The number of nitrogens with zero attached hydrogens (tertiary/aromatic N) is 1. The third kappa shape index (κ3) is 3.38. The van der Waals surface area contributed by atoms with E-state index in [1.54, 1.807) is 30.3 Å². The molecule has 1 atom stereocenters. The van der Waals surface area contributed by atoms with Gasteiger partial charge in [-0.25, -0.2) is 8.78 Å². The second-order valence-electron chi connectivity index (χ2n) is 7.89. The molecule has 1 aliphatic rings. The topological polar surface area (TPSA) is 77.8 Å². The number of ketones is 1. The first-order chi connectivity index (χ1) is 16.4. The van der Waals surface area contributed by atoms with Gasteiger partial charge in [0, 0.05) is 11.6 Å². The van der Waals surface area contributed by atoms with Crippen LogP contribution >= 0.6 is 0 Å². The minimum Gasteiger partial charge on any atom is -0.508 e. The zero-order valence-electron chi connectivity index (χ0n) is 17.6. The molecule has 0 radical (unpaired) electrons. The van der Waals surface area contributed by atoms with Crippen LogP contribution in [-0.4, -0.2) is 21.9 Å². The second kappa shape index (κ2) is 8.12. The average Bonchev–Trinajstić information content (AvgIpc) is 3.09. The number of aromatic hydroxyl groups is 1. The highest BCUT2D eigenvalue weighted by Crippen LogP contribution is 2.44. The lowest BCUT2D eigenvalue weighted by Gasteiger charge is -2.26. The summed E-state index contributed by atoms with van der Waals surface area (Å²) in [7, 11) is 0. The predicted molar refractivity (Wildman–Crippen MR) is 123 cm³/mol. The fourth-order valence-electron chi connectivity index (χ4n) is 4.34. The van der Waals surface area contributed by atoms with Crippen LogP contribution < -0.4 is 4.90 Å². The molecule has 1 saturated heterocycles. The Morgan fingerprint density at radius 3 is 2.35 bits per heavy atom. The molecule has 0 bridgehead atoms. The van der Waals surface area contributed by atoms with Crippen LogP contribution in [0, 0.1) is 11.6 Å². The summed E-state index contributed by atoms with van der Waals surface area (Å²) in [5.74, 6) is -4.58. The third-order valence-electron chi connectivity index (χ3n) is 5.84. The Bertz CT molecular complexity index is 1510. The summed E-state index contributed by atoms with van der Waals surface area (Å²) in [6.45, 7) is 0. The lowest BCUT2D eigenvalue weighted by molar-refractivity contribution is -0.132. The Hall–Kier alpha value is -4.52. The second-order valence-corrected chi connectivity index (χ2v) is 7.89. The lowest BCUT2D eigenvalue weighted by Crippen LogP contribution is -2.30. The van der Waals surface area contributed by atoms with Gasteiger partial charge in [-0.1, -0.05) is 54.6 Å². The Morgan fingerprint density at radius 1 is 0.853 bits per heavy atom. The molecule has 34 heavy (non-hydrogen) atoms. The first kappa shape index (κ1) is 21.3. The van der Waals surface area contributed by atoms with Crippen molar-refractivity contribution in [2.24, 2.45) is 0 Å². The van der Waals surface area contributed by atoms with Crippen LogP contribution in [0.25, 0.3) is 16.5 Å². The van der Waals surface area contributed by atoms with Gasteiger partial charge in [0.15, 0.2) is 0 Å². The van der Waals surface area contributed by atoms with E-state index in [0.717, 1.165) is 22.4 Å². The van der Waals surface area contributed by atoms with Gasteiger partial charge in [-0.15, -0.1) is 0 Å². The highest BCUT2D eigenvalue weighted by molar-refractivity contribution is 6.51. The van der Waals surface area contributed by atoms with Crippen molar-refractivity contribution in [3.8, 4) is 5.75 Å². The highest BCUT2D eigenvalue weighted by atomic mass is 19.1. The maximum atomic E-state index is 14.8. The van der Waals surface area contributed by atoms with Crippen molar-refractivity contribution in [2.45, 2.75) is 6.04 Å². The zero-order valence-corrected chi connectivity index (χ0v) is 17.6. The van der Waals surface area contributed by atoms with Gasteiger partial charge in [0.1, 0.15) is 23.1 Å². The largest absolute Gasteiger partial charge is 0.508 e. The summed E-state index contributed by atoms with van der Waals surface area (Å²) in [6.07, 6.45) is 0. The average molecular weight is 457 g/mol. The summed E-state index contributed by atoms with van der Waals surface area (Å²) >= 11 is 0. The molecule has 1 aliphatic heterocycles. The Morgan fingerprint density at radius 2 is 1.59 bits per heavy atom. The summed E-state index contributed by atoms with van der Waals surface area (Å²) in [6, 6.07) is 19.5. The zero-order chi connectivity index (χ0) is 24.0. The fourth-order valence-corrected chi connectivity index (χ4v) is 4.34. The molecule has 1 heterocycles. The number of rotatable bonds is 3. The number of benzene rings is 4. The molecule has 1 unspecified atom stereocenters. The minimum absolute atomic E-state index is 0.146. The van der Waals surface area contributed by atoms with Crippen LogP contribution in [0.2, 0.25) is 0 Å². The van der Waals surface area contributed by atoms with E-state index < -0.39 is 35.1 Å². The third-order valence-corrected chi connectivity index (χ3v) is 5.84. The molecule has 168 valence electrons. The molecule has 0 aliphatic carbocycles. The molecule has 0 saturated carbocycles. The molecule has 5 rings (SSSR count). The van der Waals surface area contributed by atoms with E-state index in [1.165, 1.54) is 18.2 Å². The van der Waals surface area contributed by atoms with E-state index in [1.807, 2.05) is 18.2 Å². The smallest absolute Gasteiger partial charge is 0.300 e. The van der Waals surface area contributed by atoms with Crippen LogP contribution in [0.3, 0.4) is 0 Å². The van der Waals surface area contributed by atoms with E-state index in [9.17, 15) is 28.6 Å². The number of fused-ring (bicyclic) bond motifs is 1. The molecule has 4 aromatic carbocycles. The van der Waals surface area contributed by atoms with E-state index in [0.29, 0.717) is 17.0 Å². The number of phenols is 1. The van der Waals surface area contributed by atoms with Gasteiger partial charge in [0.05, 0.1) is 17.3 Å². The molecule has 2 N–H and O–H groups in total. The number of aliphatic hydroxyl groups excluding tert-OH is 1. The molecule has 1 amide bonds. The summed E-state index contributed by atoms with van der Waals surface area (Å²) in [4.78, 5) is 27.2. The van der Waals surface area contributed by atoms with Gasteiger partial charge < -0.3 is 10.2 Å². The SMILES string of the molecule is O=C1C(=O)N(c2ccc(F)cc2F)C(c2cccc(O)c2)/C1=C(/O)c1cccc2ccccc12. The van der Waals surface area contributed by atoms with Crippen LogP contribution in [0.4, 0.5) is 14.5 Å². The van der Waals surface area contributed by atoms with Crippen molar-refractivity contribution in [3.63, 3.8) is 0 Å². The van der Waals surface area contributed by atoms with Crippen molar-refractivity contribution in [2.75, 3.05) is 4.90 Å². The number of phenolic OH excluding ortho intramolecular Hbond substituents is 1. The molecule has 0 spiro atoms. The Kier molecular flexibility index (Phi) is 5.09. The number of carbonyl (C=O) groups is 2. The van der Waals surface area contributed by atoms with Crippen molar-refractivity contribution < 1.29 is 28.6 Å². The molecular weight excluding hydrogens is 440 g/mol. The number of amides is 1. The van der Waals surface area contributed by atoms with Crippen LogP contribution in [0.1, 0.15) is 17.2 Å². The maximum absolute atomic E-state index is 14.8. The van der Waals surface area contributed by atoms with Crippen molar-refractivity contribution in [1.82, 2.24) is 0 Å². The van der Waals surface area contributed by atoms with Crippen molar-refractivity contribution >= 4 is 33.9 Å². The van der Waals surface area contributed by atoms with E-state index >= 15 is 0 Å². The summed E-state index contributed by atoms with van der Waals surface area (Å²) in [5.41, 5.74) is -0.00460. The van der Waals surface area contributed by atoms with Gasteiger partial charge in [0.2, 0.25) is 0 Å². The number of anilines is 1.